The predicted octanol–water partition coefficient (Wildman–Crippen LogP) is 3.48. The van der Waals surface area contributed by atoms with Gasteiger partial charge in [0, 0.05) is 5.69 Å². The molecule has 26 heavy (non-hydrogen) atoms. The first kappa shape index (κ1) is 20.1. The molecule has 7 heteroatoms. The lowest BCUT2D eigenvalue weighted by Gasteiger charge is -2.16. The van der Waals surface area contributed by atoms with Crippen LogP contribution in [0.3, 0.4) is 0 Å². The number of sulfonamides is 1. The Hall–Kier alpha value is -2.25. The van der Waals surface area contributed by atoms with E-state index in [9.17, 15) is 17.6 Å². The first-order valence-corrected chi connectivity index (χ1v) is 9.75. The smallest absolute Gasteiger partial charge is 0.241 e. The van der Waals surface area contributed by atoms with Gasteiger partial charge in [-0.1, -0.05) is 32.0 Å². The van der Waals surface area contributed by atoms with Gasteiger partial charge in [0.05, 0.1) is 11.4 Å². The molecule has 5 nitrogen and oxygen atoms in total. The lowest BCUT2D eigenvalue weighted by atomic mass is 9.98. The van der Waals surface area contributed by atoms with Crippen LogP contribution in [0.5, 0.6) is 0 Å². The number of para-hydroxylation sites is 1. The van der Waals surface area contributed by atoms with Gasteiger partial charge in [0.2, 0.25) is 15.9 Å². The Balaban J connectivity index is 2.11. The van der Waals surface area contributed by atoms with E-state index in [1.807, 2.05) is 39.0 Å². The molecule has 0 heterocycles. The summed E-state index contributed by atoms with van der Waals surface area (Å²) in [5.41, 5.74) is 2.81. The second-order valence-corrected chi connectivity index (χ2v) is 8.24. The van der Waals surface area contributed by atoms with Crippen LogP contribution in [0.15, 0.2) is 41.3 Å². The quantitative estimate of drug-likeness (QED) is 0.808. The van der Waals surface area contributed by atoms with Gasteiger partial charge in [-0.05, 0) is 54.7 Å². The van der Waals surface area contributed by atoms with Crippen molar-refractivity contribution in [2.45, 2.75) is 38.5 Å². The Labute approximate surface area is 153 Å². The maximum absolute atomic E-state index is 13.3. The first-order chi connectivity index (χ1) is 12.1. The molecular weight excluding hydrogens is 355 g/mol. The highest BCUT2D eigenvalue weighted by atomic mass is 32.2. The van der Waals surface area contributed by atoms with E-state index in [0.29, 0.717) is 5.69 Å². The Bertz CT molecular complexity index is 924. The van der Waals surface area contributed by atoms with Crippen molar-refractivity contribution in [2.24, 2.45) is 0 Å². The lowest BCUT2D eigenvalue weighted by Crippen LogP contribution is -2.33. The molecule has 140 valence electrons. The third-order valence-corrected chi connectivity index (χ3v) is 5.45. The van der Waals surface area contributed by atoms with E-state index in [1.165, 1.54) is 19.1 Å². The average Bonchev–Trinajstić information content (AvgIpc) is 2.57. The molecule has 2 rings (SSSR count). The highest BCUT2D eigenvalue weighted by Crippen LogP contribution is 2.27. The van der Waals surface area contributed by atoms with Crippen LogP contribution in [0.2, 0.25) is 0 Å². The maximum atomic E-state index is 13.3. The molecule has 2 aromatic rings. The van der Waals surface area contributed by atoms with Crippen molar-refractivity contribution in [3.63, 3.8) is 0 Å². The van der Waals surface area contributed by atoms with Gasteiger partial charge in [-0.15, -0.1) is 0 Å². The monoisotopic (exact) mass is 378 g/mol. The molecule has 0 bridgehead atoms. The minimum absolute atomic E-state index is 0.0806. The summed E-state index contributed by atoms with van der Waals surface area (Å²) in [4.78, 5) is 12.2. The van der Waals surface area contributed by atoms with Gasteiger partial charge < -0.3 is 5.32 Å². The number of carbonyl (C=O) groups excluding carboxylic acids is 1. The summed E-state index contributed by atoms with van der Waals surface area (Å²) in [6.07, 6.45) is 0. The summed E-state index contributed by atoms with van der Waals surface area (Å²) in [6, 6.07) is 9.21. The number of hydrogen-bond donors (Lipinski definition) is 2. The van der Waals surface area contributed by atoms with Crippen LogP contribution in [-0.2, 0) is 14.8 Å². The van der Waals surface area contributed by atoms with Crippen molar-refractivity contribution in [1.82, 2.24) is 4.72 Å². The molecule has 0 aliphatic carbocycles. The number of amides is 1. The van der Waals surface area contributed by atoms with E-state index in [1.54, 1.807) is 0 Å². The van der Waals surface area contributed by atoms with Gasteiger partial charge in [0.1, 0.15) is 5.82 Å². The summed E-state index contributed by atoms with van der Waals surface area (Å²) >= 11 is 0. The maximum Gasteiger partial charge on any atom is 0.241 e. The van der Waals surface area contributed by atoms with Crippen LogP contribution >= 0.6 is 0 Å². The number of nitrogens with one attached hydrogen (secondary N) is 2. The molecular formula is C19H23FN2O3S. The fraction of sp³-hybridized carbons (Fsp3) is 0.316. The van der Waals surface area contributed by atoms with E-state index >= 15 is 0 Å². The molecule has 0 aromatic heterocycles. The fourth-order valence-electron chi connectivity index (χ4n) is 2.55. The van der Waals surface area contributed by atoms with Gasteiger partial charge in [0.15, 0.2) is 0 Å². The molecule has 2 N–H and O–H groups in total. The Morgan fingerprint density at radius 2 is 1.81 bits per heavy atom. The summed E-state index contributed by atoms with van der Waals surface area (Å²) < 4.78 is 40.1. The van der Waals surface area contributed by atoms with Gasteiger partial charge >= 0.3 is 0 Å². The van der Waals surface area contributed by atoms with Crippen molar-refractivity contribution in [2.75, 3.05) is 11.9 Å². The van der Waals surface area contributed by atoms with E-state index in [2.05, 4.69) is 10.0 Å². The summed E-state index contributed by atoms with van der Waals surface area (Å²) in [5.74, 6) is -0.741. The molecule has 1 amide bonds. The molecule has 0 spiro atoms. The summed E-state index contributed by atoms with van der Waals surface area (Å²) in [5, 5.41) is 2.78. The molecule has 0 saturated heterocycles. The largest absolute Gasteiger partial charge is 0.324 e. The predicted molar refractivity (Wildman–Crippen MR) is 100 cm³/mol. The van der Waals surface area contributed by atoms with Crippen molar-refractivity contribution >= 4 is 21.6 Å². The van der Waals surface area contributed by atoms with Crippen molar-refractivity contribution in [3.05, 3.63) is 58.9 Å². The van der Waals surface area contributed by atoms with Gasteiger partial charge in [-0.3, -0.25) is 4.79 Å². The molecule has 0 unspecified atom stereocenters. The first-order valence-electron chi connectivity index (χ1n) is 8.27. The second-order valence-electron chi connectivity index (χ2n) is 6.48. The SMILES string of the molecule is Cc1cc(S(=O)(=O)NCC(=O)Nc2c(C)cccc2C(C)C)ccc1F. The van der Waals surface area contributed by atoms with Gasteiger partial charge in [-0.25, -0.2) is 17.5 Å². The number of aryl methyl sites for hydroxylation is 2. The molecule has 0 aliphatic rings. The molecule has 0 saturated carbocycles. The van der Waals surface area contributed by atoms with Crippen LogP contribution in [0.25, 0.3) is 0 Å². The van der Waals surface area contributed by atoms with E-state index in [4.69, 9.17) is 0 Å². The zero-order chi connectivity index (χ0) is 19.5. The minimum Gasteiger partial charge on any atom is -0.324 e. The second kappa shape index (κ2) is 7.97. The normalized spacial score (nSPS) is 11.6. The summed E-state index contributed by atoms with van der Waals surface area (Å²) in [6.45, 7) is 6.98. The minimum atomic E-state index is -3.90. The lowest BCUT2D eigenvalue weighted by molar-refractivity contribution is -0.115. The molecule has 0 atom stereocenters. The standard InChI is InChI=1S/C19H23FN2O3S/c1-12(2)16-7-5-6-13(3)19(16)22-18(23)11-21-26(24,25)15-8-9-17(20)14(4)10-15/h5-10,12,21H,11H2,1-4H3,(H,22,23). The van der Waals surface area contributed by atoms with Crippen LogP contribution < -0.4 is 10.0 Å². The highest BCUT2D eigenvalue weighted by molar-refractivity contribution is 7.89. The number of benzene rings is 2. The number of rotatable bonds is 6. The van der Waals surface area contributed by atoms with Crippen molar-refractivity contribution in [3.8, 4) is 0 Å². The molecule has 2 aromatic carbocycles. The number of anilines is 1. The molecule has 0 aliphatic heterocycles. The zero-order valence-corrected chi connectivity index (χ0v) is 16.1. The van der Waals surface area contributed by atoms with Crippen LogP contribution in [0, 0.1) is 19.7 Å². The number of halogens is 1. The number of carbonyl (C=O) groups is 1. The average molecular weight is 378 g/mol. The Morgan fingerprint density at radius 1 is 1.12 bits per heavy atom. The van der Waals surface area contributed by atoms with Gasteiger partial charge in [-0.2, -0.15) is 0 Å². The van der Waals surface area contributed by atoms with E-state index in [0.717, 1.165) is 17.2 Å². The Kier molecular flexibility index (Phi) is 6.15. The van der Waals surface area contributed by atoms with Crippen molar-refractivity contribution in [1.29, 1.82) is 0 Å². The van der Waals surface area contributed by atoms with Crippen LogP contribution in [0.1, 0.15) is 36.5 Å². The molecule has 0 fully saturated rings. The third-order valence-electron chi connectivity index (χ3n) is 4.05. The highest BCUT2D eigenvalue weighted by Gasteiger charge is 2.18. The van der Waals surface area contributed by atoms with Crippen LogP contribution in [0.4, 0.5) is 10.1 Å². The van der Waals surface area contributed by atoms with E-state index < -0.39 is 28.3 Å². The third kappa shape index (κ3) is 4.68. The Morgan fingerprint density at radius 3 is 2.42 bits per heavy atom. The zero-order valence-electron chi connectivity index (χ0n) is 15.3. The topological polar surface area (TPSA) is 75.3 Å². The number of hydrogen-bond acceptors (Lipinski definition) is 3. The fourth-order valence-corrected chi connectivity index (χ4v) is 3.62. The summed E-state index contributed by atoms with van der Waals surface area (Å²) in [7, 11) is -3.90. The van der Waals surface area contributed by atoms with E-state index in [-0.39, 0.29) is 16.4 Å². The van der Waals surface area contributed by atoms with Crippen molar-refractivity contribution < 1.29 is 17.6 Å². The molecule has 0 radical (unpaired) electrons. The van der Waals surface area contributed by atoms with Gasteiger partial charge in [0.25, 0.3) is 0 Å². The van der Waals surface area contributed by atoms with Crippen LogP contribution in [-0.4, -0.2) is 20.9 Å².